The minimum absolute atomic E-state index is 0.186. The highest BCUT2D eigenvalue weighted by molar-refractivity contribution is 5.74. The molecule has 1 aliphatic heterocycles. The lowest BCUT2D eigenvalue weighted by Crippen LogP contribution is -2.45. The highest BCUT2D eigenvalue weighted by Gasteiger charge is 2.39. The van der Waals surface area contributed by atoms with Gasteiger partial charge in [0.1, 0.15) is 0 Å². The van der Waals surface area contributed by atoms with Crippen molar-refractivity contribution in [3.8, 4) is 0 Å². The van der Waals surface area contributed by atoms with Crippen LogP contribution in [0.5, 0.6) is 0 Å². The Labute approximate surface area is 131 Å². The molecule has 7 nitrogen and oxygen atoms in total. The maximum atomic E-state index is 12.8. The molecule has 0 saturated carbocycles. The third-order valence-corrected chi connectivity index (χ3v) is 3.88. The van der Waals surface area contributed by atoms with E-state index in [-0.39, 0.29) is 6.03 Å². The number of aromatic nitrogens is 3. The quantitative estimate of drug-likeness (QED) is 0.906. The topological polar surface area (TPSA) is 72.2 Å². The van der Waals surface area contributed by atoms with E-state index in [1.165, 1.54) is 0 Å². The summed E-state index contributed by atoms with van der Waals surface area (Å²) in [6.07, 6.45) is -3.05. The Balaban J connectivity index is 2.06. The van der Waals surface area contributed by atoms with Crippen molar-refractivity contribution in [2.45, 2.75) is 38.4 Å². The number of rotatable bonds is 3. The molecule has 2 amide bonds. The molecule has 130 valence electrons. The molecule has 2 rings (SSSR count). The van der Waals surface area contributed by atoms with E-state index < -0.39 is 23.7 Å². The van der Waals surface area contributed by atoms with Crippen LogP contribution in [0.15, 0.2) is 4.79 Å². The van der Waals surface area contributed by atoms with Crippen molar-refractivity contribution in [3.05, 3.63) is 16.3 Å². The van der Waals surface area contributed by atoms with Crippen LogP contribution in [0.3, 0.4) is 0 Å². The summed E-state index contributed by atoms with van der Waals surface area (Å²) < 4.78 is 39.8. The molecule has 0 aromatic carbocycles. The number of carbonyl (C=O) groups excluding carboxylic acids is 1. The molecule has 0 spiro atoms. The molecule has 1 N–H and O–H groups in total. The van der Waals surface area contributed by atoms with Gasteiger partial charge in [-0.15, -0.1) is 5.10 Å². The van der Waals surface area contributed by atoms with Crippen molar-refractivity contribution in [1.29, 1.82) is 0 Å². The number of likely N-dealkylation sites (tertiary alicyclic amines) is 1. The fraction of sp³-hybridized carbons (Fsp3) is 0.769. The normalized spacial score (nSPS) is 16.7. The average molecular weight is 335 g/mol. The third kappa shape index (κ3) is 3.67. The van der Waals surface area contributed by atoms with Gasteiger partial charge >= 0.3 is 17.9 Å². The first-order valence-electron chi connectivity index (χ1n) is 7.51. The number of hydrogen-bond donors (Lipinski definition) is 1. The second kappa shape index (κ2) is 6.63. The van der Waals surface area contributed by atoms with E-state index in [0.717, 1.165) is 18.2 Å². The Morgan fingerprint density at radius 2 is 1.96 bits per heavy atom. The molecule has 1 fully saturated rings. The number of urea groups is 1. The molecule has 10 heteroatoms. The highest BCUT2D eigenvalue weighted by atomic mass is 19.4. The molecule has 1 saturated heterocycles. The lowest BCUT2D eigenvalue weighted by molar-refractivity contribution is -0.147. The van der Waals surface area contributed by atoms with E-state index in [2.05, 4.69) is 10.4 Å². The molecule has 0 bridgehead atoms. The Bertz CT molecular complexity index is 614. The Morgan fingerprint density at radius 1 is 1.35 bits per heavy atom. The van der Waals surface area contributed by atoms with Gasteiger partial charge in [-0.05, 0) is 19.3 Å². The summed E-state index contributed by atoms with van der Waals surface area (Å²) in [6, 6.07) is -0.616. The zero-order valence-electron chi connectivity index (χ0n) is 13.1. The SMILES string of the molecule is CCCNC(=O)N1CCC(n2nc(C(F)(F)F)n(C)c2=O)CC1. The lowest BCUT2D eigenvalue weighted by Gasteiger charge is -2.31. The predicted molar refractivity (Wildman–Crippen MR) is 76.0 cm³/mol. The second-order valence-corrected chi connectivity index (χ2v) is 5.56. The van der Waals surface area contributed by atoms with Gasteiger partial charge in [-0.1, -0.05) is 6.92 Å². The van der Waals surface area contributed by atoms with Crippen molar-refractivity contribution >= 4 is 6.03 Å². The van der Waals surface area contributed by atoms with E-state index in [4.69, 9.17) is 0 Å². The van der Waals surface area contributed by atoms with Gasteiger partial charge in [-0.25, -0.2) is 14.3 Å². The molecule has 0 atom stereocenters. The van der Waals surface area contributed by atoms with Crippen LogP contribution in [0.2, 0.25) is 0 Å². The molecule has 23 heavy (non-hydrogen) atoms. The van der Waals surface area contributed by atoms with Gasteiger partial charge in [-0.3, -0.25) is 4.57 Å². The fourth-order valence-electron chi connectivity index (χ4n) is 2.60. The molecule has 1 aliphatic rings. The first-order chi connectivity index (χ1) is 10.8. The number of nitrogens with one attached hydrogen (secondary N) is 1. The maximum Gasteiger partial charge on any atom is 0.451 e. The summed E-state index contributed by atoms with van der Waals surface area (Å²) in [5.41, 5.74) is -0.786. The Kier molecular flexibility index (Phi) is 5.00. The molecule has 1 aromatic heterocycles. The summed E-state index contributed by atoms with van der Waals surface area (Å²) in [6.45, 7) is 3.28. The molecule has 0 aliphatic carbocycles. The highest BCUT2D eigenvalue weighted by Crippen LogP contribution is 2.28. The third-order valence-electron chi connectivity index (χ3n) is 3.88. The van der Waals surface area contributed by atoms with Crippen LogP contribution in [-0.2, 0) is 13.2 Å². The Hall–Kier alpha value is -2.00. The first kappa shape index (κ1) is 17.4. The molecule has 0 unspecified atom stereocenters. The number of amides is 2. The lowest BCUT2D eigenvalue weighted by atomic mass is 10.1. The Morgan fingerprint density at radius 3 is 2.43 bits per heavy atom. The number of alkyl halides is 3. The van der Waals surface area contributed by atoms with Crippen molar-refractivity contribution < 1.29 is 18.0 Å². The summed E-state index contributed by atoms with van der Waals surface area (Å²) in [4.78, 5) is 25.4. The zero-order chi connectivity index (χ0) is 17.2. The maximum absolute atomic E-state index is 12.8. The van der Waals surface area contributed by atoms with Crippen LogP contribution in [0, 0.1) is 0 Å². The monoisotopic (exact) mass is 335 g/mol. The van der Waals surface area contributed by atoms with Crippen LogP contribution in [0.4, 0.5) is 18.0 Å². The van der Waals surface area contributed by atoms with Crippen molar-refractivity contribution in [2.75, 3.05) is 19.6 Å². The molecular weight excluding hydrogens is 315 g/mol. The van der Waals surface area contributed by atoms with E-state index >= 15 is 0 Å². The van der Waals surface area contributed by atoms with Gasteiger partial charge in [0.05, 0.1) is 6.04 Å². The standard InChI is InChI=1S/C13H20F3N5O2/c1-3-6-17-11(22)20-7-4-9(5-8-20)21-12(23)19(2)10(18-21)13(14,15)16/h9H,3-8H2,1-2H3,(H,17,22). The minimum Gasteiger partial charge on any atom is -0.338 e. The summed E-state index contributed by atoms with van der Waals surface area (Å²) >= 11 is 0. The summed E-state index contributed by atoms with van der Waals surface area (Å²) in [5.74, 6) is -1.20. The van der Waals surface area contributed by atoms with Gasteiger partial charge < -0.3 is 10.2 Å². The van der Waals surface area contributed by atoms with Gasteiger partial charge in [0.2, 0.25) is 5.82 Å². The van der Waals surface area contributed by atoms with Gasteiger partial charge in [-0.2, -0.15) is 13.2 Å². The summed E-state index contributed by atoms with van der Waals surface area (Å²) in [5, 5.41) is 6.20. The number of hydrogen-bond acceptors (Lipinski definition) is 3. The van der Waals surface area contributed by atoms with E-state index in [1.807, 2.05) is 6.92 Å². The van der Waals surface area contributed by atoms with Crippen LogP contribution < -0.4 is 11.0 Å². The number of piperidine rings is 1. The first-order valence-corrected chi connectivity index (χ1v) is 7.51. The van der Waals surface area contributed by atoms with Crippen LogP contribution >= 0.6 is 0 Å². The zero-order valence-corrected chi connectivity index (χ0v) is 13.1. The fourth-order valence-corrected chi connectivity index (χ4v) is 2.60. The largest absolute Gasteiger partial charge is 0.451 e. The molecule has 1 aromatic rings. The van der Waals surface area contributed by atoms with Crippen LogP contribution in [0.1, 0.15) is 38.1 Å². The van der Waals surface area contributed by atoms with E-state index in [1.54, 1.807) is 4.90 Å². The van der Waals surface area contributed by atoms with Crippen LogP contribution in [-0.4, -0.2) is 44.9 Å². The summed E-state index contributed by atoms with van der Waals surface area (Å²) in [7, 11) is 1.06. The molecule has 2 heterocycles. The predicted octanol–water partition coefficient (Wildman–Crippen LogP) is 1.36. The smallest absolute Gasteiger partial charge is 0.338 e. The second-order valence-electron chi connectivity index (χ2n) is 5.56. The van der Waals surface area contributed by atoms with Gasteiger partial charge in [0.25, 0.3) is 0 Å². The number of nitrogens with zero attached hydrogens (tertiary/aromatic N) is 4. The number of halogens is 3. The molecular formula is C13H20F3N5O2. The van der Waals surface area contributed by atoms with Crippen LogP contribution in [0.25, 0.3) is 0 Å². The van der Waals surface area contributed by atoms with Crippen molar-refractivity contribution in [1.82, 2.24) is 24.6 Å². The number of carbonyl (C=O) groups is 1. The van der Waals surface area contributed by atoms with Crippen molar-refractivity contribution in [2.24, 2.45) is 7.05 Å². The van der Waals surface area contributed by atoms with E-state index in [9.17, 15) is 22.8 Å². The van der Waals surface area contributed by atoms with Crippen molar-refractivity contribution in [3.63, 3.8) is 0 Å². The van der Waals surface area contributed by atoms with Gasteiger partial charge in [0.15, 0.2) is 0 Å². The van der Waals surface area contributed by atoms with Gasteiger partial charge in [0, 0.05) is 26.7 Å². The van der Waals surface area contributed by atoms with E-state index in [0.29, 0.717) is 37.0 Å². The minimum atomic E-state index is -4.67. The average Bonchev–Trinajstić information content (AvgIpc) is 2.81. The molecule has 0 radical (unpaired) electrons.